The largest absolute Gasteiger partial charge is 0.335 e. The Bertz CT molecular complexity index is 992. The van der Waals surface area contributed by atoms with Gasteiger partial charge in [-0.1, -0.05) is 23.7 Å². The lowest BCUT2D eigenvalue weighted by Crippen LogP contribution is -2.22. The normalized spacial score (nSPS) is 10.6. The summed E-state index contributed by atoms with van der Waals surface area (Å²) in [5.41, 5.74) is 2.82. The molecule has 0 radical (unpaired) electrons. The number of carbonyl (C=O) groups excluding carboxylic acids is 1. The molecule has 3 rings (SSSR count). The first-order valence-electron chi connectivity index (χ1n) is 8.66. The highest BCUT2D eigenvalue weighted by molar-refractivity contribution is 6.30. The quantitative estimate of drug-likeness (QED) is 0.491. The van der Waals surface area contributed by atoms with Crippen LogP contribution in [0.1, 0.15) is 15.9 Å². The van der Waals surface area contributed by atoms with Gasteiger partial charge in [-0.3, -0.25) is 15.1 Å². The third-order valence-corrected chi connectivity index (χ3v) is 4.44. The molecule has 0 aliphatic carbocycles. The number of aromatic nitrogens is 3. The minimum atomic E-state index is -0.464. The minimum Gasteiger partial charge on any atom is -0.335 e. The summed E-state index contributed by atoms with van der Waals surface area (Å²) >= 11 is 5.92. The molecule has 0 saturated heterocycles. The highest BCUT2D eigenvalue weighted by Crippen LogP contribution is 2.16. The van der Waals surface area contributed by atoms with Gasteiger partial charge in [0.15, 0.2) is 6.19 Å². The van der Waals surface area contributed by atoms with E-state index in [1.54, 1.807) is 24.7 Å². The highest BCUT2D eigenvalue weighted by atomic mass is 35.5. The smallest absolute Gasteiger partial charge is 0.264 e. The van der Waals surface area contributed by atoms with Gasteiger partial charge < -0.3 is 9.47 Å². The fraction of sp³-hybridized carbons (Fsp3) is 0.200. The van der Waals surface area contributed by atoms with Crippen molar-refractivity contribution < 1.29 is 4.79 Å². The summed E-state index contributed by atoms with van der Waals surface area (Å²) in [5.74, 6) is -0.464. The van der Waals surface area contributed by atoms with Crippen molar-refractivity contribution in [3.63, 3.8) is 0 Å². The number of nitriles is 1. The van der Waals surface area contributed by atoms with Crippen LogP contribution in [0.2, 0.25) is 5.02 Å². The van der Waals surface area contributed by atoms with Crippen molar-refractivity contribution in [2.45, 2.75) is 13.1 Å². The van der Waals surface area contributed by atoms with Gasteiger partial charge in [0.25, 0.3) is 5.91 Å². The van der Waals surface area contributed by atoms with Crippen molar-refractivity contribution in [1.29, 1.82) is 5.26 Å². The topological polar surface area (TPSA) is 86.8 Å². The van der Waals surface area contributed by atoms with Gasteiger partial charge in [0.2, 0.25) is 0 Å². The number of nitrogens with zero attached hydrogens (tertiary/aromatic N) is 5. The van der Waals surface area contributed by atoms with Gasteiger partial charge in [-0.2, -0.15) is 5.26 Å². The molecular weight excluding hydrogens is 376 g/mol. The third kappa shape index (κ3) is 5.16. The van der Waals surface area contributed by atoms with Gasteiger partial charge in [0.05, 0.1) is 12.0 Å². The number of amides is 1. The first-order valence-corrected chi connectivity index (χ1v) is 9.03. The monoisotopic (exact) mass is 394 g/mol. The fourth-order valence-corrected chi connectivity index (χ4v) is 2.84. The molecule has 0 unspecified atom stereocenters. The van der Waals surface area contributed by atoms with E-state index in [1.807, 2.05) is 35.0 Å². The average molecular weight is 395 g/mol. The molecular formula is C20H19ClN6O. The Morgan fingerprint density at radius 2 is 2.04 bits per heavy atom. The Morgan fingerprint density at radius 1 is 1.25 bits per heavy atom. The fourth-order valence-electron chi connectivity index (χ4n) is 2.72. The number of halogens is 1. The number of carbonyl (C=O) groups is 1. The van der Waals surface area contributed by atoms with E-state index in [2.05, 4.69) is 27.2 Å². The van der Waals surface area contributed by atoms with E-state index in [1.165, 1.54) is 11.8 Å². The number of hydrogen-bond acceptors (Lipinski definition) is 5. The van der Waals surface area contributed by atoms with Crippen LogP contribution in [-0.2, 0) is 13.1 Å². The Morgan fingerprint density at radius 3 is 2.79 bits per heavy atom. The second kappa shape index (κ2) is 9.13. The van der Waals surface area contributed by atoms with Crippen molar-refractivity contribution in [3.8, 4) is 17.6 Å². The van der Waals surface area contributed by atoms with Gasteiger partial charge in [-0.15, -0.1) is 0 Å². The lowest BCUT2D eigenvalue weighted by Gasteiger charge is -2.16. The van der Waals surface area contributed by atoms with Crippen molar-refractivity contribution in [2.24, 2.45) is 0 Å². The van der Waals surface area contributed by atoms with Crippen LogP contribution in [0.5, 0.6) is 0 Å². The average Bonchev–Trinajstić information content (AvgIpc) is 3.18. The van der Waals surface area contributed by atoms with Crippen LogP contribution < -0.4 is 5.32 Å². The number of imidazole rings is 1. The van der Waals surface area contributed by atoms with Gasteiger partial charge in [0, 0.05) is 42.6 Å². The van der Waals surface area contributed by atoms with Crippen LogP contribution >= 0.6 is 11.6 Å². The molecule has 3 aromatic rings. The van der Waals surface area contributed by atoms with Crippen LogP contribution in [0.3, 0.4) is 0 Å². The number of nitrogens with one attached hydrogen (secondary N) is 1. The second-order valence-electron chi connectivity index (χ2n) is 6.36. The Balaban J connectivity index is 1.60. The summed E-state index contributed by atoms with van der Waals surface area (Å²) in [7, 11) is 2.06. The molecule has 28 heavy (non-hydrogen) atoms. The van der Waals surface area contributed by atoms with E-state index in [4.69, 9.17) is 16.9 Å². The molecule has 0 aliphatic rings. The van der Waals surface area contributed by atoms with E-state index in [9.17, 15) is 4.79 Å². The van der Waals surface area contributed by atoms with Crippen molar-refractivity contribution in [3.05, 3.63) is 71.3 Å². The van der Waals surface area contributed by atoms with Gasteiger partial charge in [-0.25, -0.2) is 4.98 Å². The number of likely N-dealkylation sites (N-methyl/N-ethyl adjacent to an activating group) is 1. The number of benzene rings is 1. The van der Waals surface area contributed by atoms with Crippen LogP contribution in [0.25, 0.3) is 11.4 Å². The van der Waals surface area contributed by atoms with E-state index >= 15 is 0 Å². The number of rotatable bonds is 7. The molecule has 1 N–H and O–H groups in total. The predicted octanol–water partition coefficient (Wildman–Crippen LogP) is 2.94. The zero-order valence-electron chi connectivity index (χ0n) is 15.3. The van der Waals surface area contributed by atoms with Crippen LogP contribution in [0.4, 0.5) is 0 Å². The molecule has 0 bridgehead atoms. The van der Waals surface area contributed by atoms with Crippen LogP contribution in [0.15, 0.2) is 55.1 Å². The maximum Gasteiger partial charge on any atom is 0.264 e. The lowest BCUT2D eigenvalue weighted by atomic mass is 10.2. The maximum atomic E-state index is 11.8. The highest BCUT2D eigenvalue weighted by Gasteiger charge is 2.10. The summed E-state index contributed by atoms with van der Waals surface area (Å²) in [4.78, 5) is 22.6. The van der Waals surface area contributed by atoms with E-state index in [0.29, 0.717) is 17.0 Å². The van der Waals surface area contributed by atoms with Gasteiger partial charge in [0.1, 0.15) is 5.69 Å². The standard InChI is InChI=1S/C20H19ClN6O/c1-26(11-15-2-4-17(21)5-3-15)8-9-27-12-19(25-14-27)18-10-16(6-7-23-18)20(28)24-13-22/h2-7,10,12,14H,8-9,11H2,1H3,(H,24,28). The summed E-state index contributed by atoms with van der Waals surface area (Å²) in [6, 6.07) is 11.0. The van der Waals surface area contributed by atoms with E-state index < -0.39 is 5.91 Å². The number of hydrogen-bond donors (Lipinski definition) is 1. The zero-order valence-corrected chi connectivity index (χ0v) is 16.1. The van der Waals surface area contributed by atoms with Crippen molar-refractivity contribution >= 4 is 17.5 Å². The molecule has 0 fully saturated rings. The first kappa shape index (κ1) is 19.5. The summed E-state index contributed by atoms with van der Waals surface area (Å²) < 4.78 is 1.98. The number of pyridine rings is 1. The molecule has 2 heterocycles. The maximum absolute atomic E-state index is 11.8. The molecule has 1 amide bonds. The van der Waals surface area contributed by atoms with Crippen molar-refractivity contribution in [2.75, 3.05) is 13.6 Å². The van der Waals surface area contributed by atoms with Crippen LogP contribution in [-0.4, -0.2) is 38.9 Å². The van der Waals surface area contributed by atoms with Crippen molar-refractivity contribution in [1.82, 2.24) is 24.8 Å². The SMILES string of the molecule is CN(CCn1cnc(-c2cc(C(=O)NC#N)ccn2)c1)Cc1ccc(Cl)cc1. The lowest BCUT2D eigenvalue weighted by molar-refractivity contribution is 0.0973. The third-order valence-electron chi connectivity index (χ3n) is 4.19. The molecule has 142 valence electrons. The second-order valence-corrected chi connectivity index (χ2v) is 6.79. The summed E-state index contributed by atoms with van der Waals surface area (Å²) in [5, 5.41) is 11.4. The molecule has 2 aromatic heterocycles. The van der Waals surface area contributed by atoms with E-state index in [0.717, 1.165) is 24.7 Å². The Kier molecular flexibility index (Phi) is 6.37. The van der Waals surface area contributed by atoms with Gasteiger partial charge >= 0.3 is 0 Å². The predicted molar refractivity (Wildman–Crippen MR) is 106 cm³/mol. The minimum absolute atomic E-state index is 0.365. The zero-order chi connectivity index (χ0) is 19.9. The molecule has 8 heteroatoms. The molecule has 7 nitrogen and oxygen atoms in total. The summed E-state index contributed by atoms with van der Waals surface area (Å²) in [6.45, 7) is 2.44. The first-order chi connectivity index (χ1) is 13.5. The Labute approximate surface area is 168 Å². The molecule has 1 aromatic carbocycles. The Hall–Kier alpha value is -3.21. The summed E-state index contributed by atoms with van der Waals surface area (Å²) in [6.07, 6.45) is 6.79. The molecule has 0 spiro atoms. The van der Waals surface area contributed by atoms with Gasteiger partial charge in [-0.05, 0) is 36.9 Å². The molecule has 0 aliphatic heterocycles. The molecule has 0 saturated carbocycles. The molecule has 0 atom stereocenters. The van der Waals surface area contributed by atoms with E-state index in [-0.39, 0.29) is 0 Å². The van der Waals surface area contributed by atoms with Crippen LogP contribution in [0, 0.1) is 11.5 Å².